The summed E-state index contributed by atoms with van der Waals surface area (Å²) in [7, 11) is 1.19. The van der Waals surface area contributed by atoms with Crippen LogP contribution in [0, 0.1) is 12.5 Å². The van der Waals surface area contributed by atoms with Crippen molar-refractivity contribution < 1.29 is 37.0 Å². The van der Waals surface area contributed by atoms with Gasteiger partial charge in [0.2, 0.25) is 0 Å². The molecule has 0 aliphatic carbocycles. The van der Waals surface area contributed by atoms with E-state index in [1.165, 1.54) is 24.1 Å². The third-order valence-electron chi connectivity index (χ3n) is 6.37. The minimum absolute atomic E-state index is 0.105. The molecule has 0 spiro atoms. The first-order valence-corrected chi connectivity index (χ1v) is 12.7. The van der Waals surface area contributed by atoms with Gasteiger partial charge in [-0.15, -0.1) is 0 Å². The lowest BCUT2D eigenvalue weighted by Crippen LogP contribution is -2.46. The van der Waals surface area contributed by atoms with Gasteiger partial charge in [-0.1, -0.05) is 18.2 Å². The molecule has 1 aliphatic heterocycles. The van der Waals surface area contributed by atoms with E-state index in [0.717, 1.165) is 4.90 Å². The standard InChI is InChI=1S/C29H32F3N3O5/c1-28(2,3)40-27(38)34-11-9-19(10-12-34)17-35(26(37)29(30,31)32)18-20-13-22(15-23(14-20)25(36)39-5)21-7-6-8-24(16-21)33-4/h6-8,13-16,19H,9-12,17-18H2,1-3,5H3. The number of halogens is 3. The Hall–Kier alpha value is -4.07. The molecule has 3 rings (SSSR count). The van der Waals surface area contributed by atoms with E-state index >= 15 is 0 Å². The second kappa shape index (κ2) is 12.4. The summed E-state index contributed by atoms with van der Waals surface area (Å²) in [5.41, 5.74) is 1.17. The van der Waals surface area contributed by atoms with E-state index in [1.807, 2.05) is 0 Å². The molecule has 11 heteroatoms. The predicted octanol–water partition coefficient (Wildman–Crippen LogP) is 6.23. The maximum Gasteiger partial charge on any atom is 0.471 e. The van der Waals surface area contributed by atoms with Crippen molar-refractivity contribution in [2.24, 2.45) is 5.92 Å². The molecule has 1 heterocycles. The molecule has 0 bridgehead atoms. The number of hydrogen-bond acceptors (Lipinski definition) is 5. The van der Waals surface area contributed by atoms with E-state index < -0.39 is 36.3 Å². The number of carbonyl (C=O) groups excluding carboxylic acids is 3. The molecule has 0 atom stereocenters. The highest BCUT2D eigenvalue weighted by atomic mass is 19.4. The maximum atomic E-state index is 13.6. The summed E-state index contributed by atoms with van der Waals surface area (Å²) >= 11 is 0. The van der Waals surface area contributed by atoms with Gasteiger partial charge in [-0.3, -0.25) is 4.79 Å². The van der Waals surface area contributed by atoms with Crippen LogP contribution in [0.5, 0.6) is 0 Å². The van der Waals surface area contributed by atoms with Crippen LogP contribution >= 0.6 is 0 Å². The number of amides is 2. The first-order chi connectivity index (χ1) is 18.7. The zero-order valence-electron chi connectivity index (χ0n) is 22.9. The second-order valence-corrected chi connectivity index (χ2v) is 10.7. The fourth-order valence-electron chi connectivity index (χ4n) is 4.50. The monoisotopic (exact) mass is 559 g/mol. The van der Waals surface area contributed by atoms with Gasteiger partial charge in [-0.2, -0.15) is 13.2 Å². The number of piperidine rings is 1. The number of ether oxygens (including phenoxy) is 2. The molecule has 0 radical (unpaired) electrons. The molecule has 0 aromatic heterocycles. The topological polar surface area (TPSA) is 80.5 Å². The lowest BCUT2D eigenvalue weighted by Gasteiger charge is -2.36. The van der Waals surface area contributed by atoms with Gasteiger partial charge < -0.3 is 19.3 Å². The highest BCUT2D eigenvalue weighted by molar-refractivity contribution is 5.91. The number of hydrogen-bond donors (Lipinski definition) is 0. The lowest BCUT2D eigenvalue weighted by atomic mass is 9.95. The van der Waals surface area contributed by atoms with E-state index in [-0.39, 0.29) is 18.0 Å². The fourth-order valence-corrected chi connectivity index (χ4v) is 4.50. The number of esters is 1. The zero-order chi connectivity index (χ0) is 29.7. The first kappa shape index (κ1) is 30.5. The van der Waals surface area contributed by atoms with E-state index in [1.54, 1.807) is 51.1 Å². The number of carbonyl (C=O) groups is 3. The molecule has 1 saturated heterocycles. The molecule has 2 amide bonds. The number of methoxy groups -OCH3 is 1. The van der Waals surface area contributed by atoms with Crippen molar-refractivity contribution in [1.82, 2.24) is 9.80 Å². The highest BCUT2D eigenvalue weighted by Gasteiger charge is 2.43. The van der Waals surface area contributed by atoms with Gasteiger partial charge in [0.25, 0.3) is 0 Å². The third-order valence-corrected chi connectivity index (χ3v) is 6.37. The van der Waals surface area contributed by atoms with Crippen molar-refractivity contribution in [2.45, 2.75) is 51.9 Å². The molecule has 214 valence electrons. The number of rotatable bonds is 6. The van der Waals surface area contributed by atoms with Crippen LogP contribution in [-0.2, 0) is 20.8 Å². The maximum absolute atomic E-state index is 13.6. The van der Waals surface area contributed by atoms with Crippen molar-refractivity contribution in [2.75, 3.05) is 26.7 Å². The normalized spacial score (nSPS) is 14.3. The van der Waals surface area contributed by atoms with Crippen LogP contribution in [0.15, 0.2) is 42.5 Å². The number of likely N-dealkylation sites (tertiary alicyclic amines) is 1. The molecule has 1 aliphatic rings. The van der Waals surface area contributed by atoms with Gasteiger partial charge in [-0.25, -0.2) is 14.4 Å². The van der Waals surface area contributed by atoms with E-state index in [9.17, 15) is 27.6 Å². The van der Waals surface area contributed by atoms with Gasteiger partial charge in [0.15, 0.2) is 5.69 Å². The van der Waals surface area contributed by atoms with Crippen molar-refractivity contribution in [3.63, 3.8) is 0 Å². The van der Waals surface area contributed by atoms with Crippen LogP contribution in [0.1, 0.15) is 49.5 Å². The van der Waals surface area contributed by atoms with E-state index in [2.05, 4.69) is 4.85 Å². The van der Waals surface area contributed by atoms with Gasteiger partial charge in [0, 0.05) is 26.2 Å². The molecule has 0 saturated carbocycles. The van der Waals surface area contributed by atoms with E-state index in [0.29, 0.717) is 48.3 Å². The molecule has 0 unspecified atom stereocenters. The van der Waals surface area contributed by atoms with Crippen molar-refractivity contribution in [3.8, 4) is 11.1 Å². The predicted molar refractivity (Wildman–Crippen MR) is 141 cm³/mol. The molecule has 2 aromatic rings. The Morgan fingerprint density at radius 1 is 1.05 bits per heavy atom. The van der Waals surface area contributed by atoms with Crippen LogP contribution in [0.25, 0.3) is 16.0 Å². The third kappa shape index (κ3) is 8.21. The second-order valence-electron chi connectivity index (χ2n) is 10.7. The molecule has 1 fully saturated rings. The average Bonchev–Trinajstić information content (AvgIpc) is 2.90. The Morgan fingerprint density at radius 3 is 2.30 bits per heavy atom. The summed E-state index contributed by atoms with van der Waals surface area (Å²) in [5.74, 6) is -2.95. The molecular formula is C29H32F3N3O5. The summed E-state index contributed by atoms with van der Waals surface area (Å²) in [4.78, 5) is 42.9. The van der Waals surface area contributed by atoms with Gasteiger partial charge in [0.1, 0.15) is 5.60 Å². The average molecular weight is 560 g/mol. The quantitative estimate of drug-likeness (QED) is 0.310. The number of benzene rings is 2. The Kier molecular flexibility index (Phi) is 9.45. The van der Waals surface area contributed by atoms with Crippen molar-refractivity contribution >= 4 is 23.7 Å². The summed E-state index contributed by atoms with van der Waals surface area (Å²) in [6.07, 6.45) is -4.77. The largest absolute Gasteiger partial charge is 0.471 e. The highest BCUT2D eigenvalue weighted by Crippen LogP contribution is 2.29. The SMILES string of the molecule is [C-]#[N+]c1cccc(-c2cc(CN(CC3CCN(C(=O)OC(C)(C)C)CC3)C(=O)C(F)(F)F)cc(C(=O)OC)c2)c1. The molecule has 0 N–H and O–H groups in total. The molecule has 8 nitrogen and oxygen atoms in total. The van der Waals surface area contributed by atoms with Crippen molar-refractivity contribution in [3.05, 3.63) is 65.0 Å². The summed E-state index contributed by atoms with van der Waals surface area (Å²) in [6.45, 7) is 12.5. The van der Waals surface area contributed by atoms with Gasteiger partial charge >= 0.3 is 24.1 Å². The smallest absolute Gasteiger partial charge is 0.465 e. The van der Waals surface area contributed by atoms with Crippen LogP contribution in [0.2, 0.25) is 0 Å². The van der Waals surface area contributed by atoms with Crippen LogP contribution in [-0.4, -0.2) is 66.3 Å². The summed E-state index contributed by atoms with van der Waals surface area (Å²) < 4.78 is 51.0. The summed E-state index contributed by atoms with van der Waals surface area (Å²) in [6, 6.07) is 11.1. The minimum atomic E-state index is -5.09. The first-order valence-electron chi connectivity index (χ1n) is 12.7. The minimum Gasteiger partial charge on any atom is -0.465 e. The van der Waals surface area contributed by atoms with Crippen molar-refractivity contribution in [1.29, 1.82) is 0 Å². The Bertz CT molecular complexity index is 1290. The zero-order valence-corrected chi connectivity index (χ0v) is 22.9. The molecule has 40 heavy (non-hydrogen) atoms. The lowest BCUT2D eigenvalue weighted by molar-refractivity contribution is -0.187. The fraction of sp³-hybridized carbons (Fsp3) is 0.448. The van der Waals surface area contributed by atoms with Gasteiger partial charge in [-0.05, 0) is 80.5 Å². The summed E-state index contributed by atoms with van der Waals surface area (Å²) in [5, 5.41) is 0. The number of alkyl halides is 3. The Morgan fingerprint density at radius 2 is 1.73 bits per heavy atom. The molecule has 2 aromatic carbocycles. The molecular weight excluding hydrogens is 527 g/mol. The van der Waals surface area contributed by atoms with Gasteiger partial charge in [0.05, 0.1) is 19.2 Å². The Balaban J connectivity index is 1.86. The Labute approximate surface area is 231 Å². The van der Waals surface area contributed by atoms with Crippen LogP contribution < -0.4 is 0 Å². The number of nitrogens with zero attached hydrogens (tertiary/aromatic N) is 3. The van der Waals surface area contributed by atoms with Crippen LogP contribution in [0.3, 0.4) is 0 Å². The van der Waals surface area contributed by atoms with Crippen LogP contribution in [0.4, 0.5) is 23.7 Å². The van der Waals surface area contributed by atoms with E-state index in [4.69, 9.17) is 16.0 Å².